The lowest BCUT2D eigenvalue weighted by molar-refractivity contribution is -0.136. The molecule has 10 nitrogen and oxygen atoms in total. The molecule has 0 saturated carbocycles. The lowest BCUT2D eigenvalue weighted by Crippen LogP contribution is -2.31. The lowest BCUT2D eigenvalue weighted by Gasteiger charge is -2.17. The molecule has 0 atom stereocenters. The van der Waals surface area contributed by atoms with Gasteiger partial charge in [0.15, 0.2) is 11.5 Å². The predicted molar refractivity (Wildman–Crippen MR) is 94.4 cm³/mol. The number of aliphatic hydroxyl groups excluding tert-OH is 1. The number of esters is 1. The van der Waals surface area contributed by atoms with E-state index >= 15 is 0 Å². The van der Waals surface area contributed by atoms with Crippen molar-refractivity contribution >= 4 is 23.5 Å². The van der Waals surface area contributed by atoms with Gasteiger partial charge in [-0.3, -0.25) is 9.59 Å². The highest BCUT2D eigenvalue weighted by molar-refractivity contribution is 6.10. The number of carbonyl (C=O) groups is 3. The number of primary amides is 1. The number of ether oxygens (including phenoxy) is 3. The number of rotatable bonds is 8. The number of benzene rings is 1. The highest BCUT2D eigenvalue weighted by Gasteiger charge is 2.35. The SMILES string of the molecule is COC(=O)C1=C(Nc2cc(OC)c(OC)cc2C(N)=O)C(=O)N(CCO)C1. The van der Waals surface area contributed by atoms with Crippen LogP contribution in [0.25, 0.3) is 0 Å². The summed E-state index contributed by atoms with van der Waals surface area (Å²) in [5.41, 5.74) is 5.63. The van der Waals surface area contributed by atoms with Crippen LogP contribution in [0.15, 0.2) is 23.4 Å². The molecule has 0 unspecified atom stereocenters. The second-order valence-electron chi connectivity index (χ2n) is 5.54. The molecule has 0 fully saturated rings. The number of hydrogen-bond acceptors (Lipinski definition) is 8. The Hall–Kier alpha value is -3.27. The highest BCUT2D eigenvalue weighted by atomic mass is 16.5. The molecule has 2 rings (SSSR count). The summed E-state index contributed by atoms with van der Waals surface area (Å²) in [4.78, 5) is 37.8. The van der Waals surface area contributed by atoms with Gasteiger partial charge in [-0.15, -0.1) is 0 Å². The molecule has 4 N–H and O–H groups in total. The third kappa shape index (κ3) is 3.95. The molecule has 0 spiro atoms. The first-order valence-corrected chi connectivity index (χ1v) is 7.92. The van der Waals surface area contributed by atoms with E-state index in [0.29, 0.717) is 5.75 Å². The van der Waals surface area contributed by atoms with Gasteiger partial charge in [-0.25, -0.2) is 4.79 Å². The maximum Gasteiger partial charge on any atom is 0.337 e. The number of amides is 2. The fourth-order valence-corrected chi connectivity index (χ4v) is 2.67. The normalized spacial score (nSPS) is 13.6. The first-order valence-electron chi connectivity index (χ1n) is 7.92. The molecule has 1 aliphatic rings. The number of nitrogens with two attached hydrogens (primary N) is 1. The van der Waals surface area contributed by atoms with Crippen molar-refractivity contribution in [2.45, 2.75) is 0 Å². The summed E-state index contributed by atoms with van der Waals surface area (Å²) in [5.74, 6) is -1.42. The van der Waals surface area contributed by atoms with Crippen molar-refractivity contribution in [1.82, 2.24) is 4.90 Å². The lowest BCUT2D eigenvalue weighted by atomic mass is 10.1. The summed E-state index contributed by atoms with van der Waals surface area (Å²) in [6.07, 6.45) is 0. The smallest absolute Gasteiger partial charge is 0.337 e. The molecule has 1 heterocycles. The van der Waals surface area contributed by atoms with Gasteiger partial charge in [-0.1, -0.05) is 0 Å². The van der Waals surface area contributed by atoms with Crippen LogP contribution in [-0.4, -0.2) is 68.8 Å². The van der Waals surface area contributed by atoms with E-state index in [-0.39, 0.29) is 48.0 Å². The van der Waals surface area contributed by atoms with Crippen molar-refractivity contribution in [3.8, 4) is 11.5 Å². The molecule has 0 saturated heterocycles. The van der Waals surface area contributed by atoms with Gasteiger partial charge in [0, 0.05) is 12.6 Å². The Balaban J connectivity index is 2.53. The molecule has 2 amide bonds. The third-order valence-corrected chi connectivity index (χ3v) is 4.00. The van der Waals surface area contributed by atoms with Crippen LogP contribution in [0.5, 0.6) is 11.5 Å². The number of nitrogens with zero attached hydrogens (tertiary/aromatic N) is 1. The largest absolute Gasteiger partial charge is 0.493 e. The zero-order chi connectivity index (χ0) is 20.1. The number of hydrogen-bond donors (Lipinski definition) is 3. The molecule has 0 aliphatic carbocycles. The van der Waals surface area contributed by atoms with E-state index in [4.69, 9.17) is 25.1 Å². The summed E-state index contributed by atoms with van der Waals surface area (Å²) in [6, 6.07) is 2.80. The topological polar surface area (TPSA) is 140 Å². The van der Waals surface area contributed by atoms with E-state index in [2.05, 4.69) is 5.32 Å². The standard InChI is InChI=1S/C17H21N3O7/c1-25-12-6-9(15(18)22)11(7-13(12)26-2)19-14-10(17(24)27-3)8-20(4-5-21)16(14)23/h6-7,19,21H,4-5,8H2,1-3H3,(H2,18,22). The first-order chi connectivity index (χ1) is 12.9. The molecule has 0 aromatic heterocycles. The molecule has 10 heteroatoms. The van der Waals surface area contributed by atoms with Crippen LogP contribution < -0.4 is 20.5 Å². The summed E-state index contributed by atoms with van der Waals surface area (Å²) >= 11 is 0. The minimum absolute atomic E-state index is 0.0341. The minimum Gasteiger partial charge on any atom is -0.493 e. The van der Waals surface area contributed by atoms with Crippen molar-refractivity contribution in [1.29, 1.82) is 0 Å². The van der Waals surface area contributed by atoms with Crippen molar-refractivity contribution in [2.75, 3.05) is 46.3 Å². The quantitative estimate of drug-likeness (QED) is 0.512. The molecule has 1 aliphatic heterocycles. The van der Waals surface area contributed by atoms with Crippen LogP contribution in [0.2, 0.25) is 0 Å². The number of carbonyl (C=O) groups excluding carboxylic acids is 3. The second-order valence-corrected chi connectivity index (χ2v) is 5.54. The second kappa shape index (κ2) is 8.41. The fraction of sp³-hybridized carbons (Fsp3) is 0.353. The summed E-state index contributed by atoms with van der Waals surface area (Å²) in [5, 5.41) is 11.9. The van der Waals surface area contributed by atoms with Crippen LogP contribution in [0.4, 0.5) is 5.69 Å². The third-order valence-electron chi connectivity index (χ3n) is 4.00. The molecule has 0 radical (unpaired) electrons. The van der Waals surface area contributed by atoms with Gasteiger partial charge in [0.25, 0.3) is 11.8 Å². The molecule has 146 valence electrons. The highest BCUT2D eigenvalue weighted by Crippen LogP contribution is 2.35. The molecule has 1 aromatic carbocycles. The van der Waals surface area contributed by atoms with Crippen molar-refractivity contribution in [3.63, 3.8) is 0 Å². The molecular weight excluding hydrogens is 358 g/mol. The number of aliphatic hydroxyl groups is 1. The van der Waals surface area contributed by atoms with Crippen LogP contribution >= 0.6 is 0 Å². The summed E-state index contributed by atoms with van der Waals surface area (Å²) < 4.78 is 15.1. The van der Waals surface area contributed by atoms with Crippen molar-refractivity contribution < 1.29 is 33.7 Å². The summed E-state index contributed by atoms with van der Waals surface area (Å²) in [7, 11) is 4.01. The fourth-order valence-electron chi connectivity index (χ4n) is 2.67. The monoisotopic (exact) mass is 379 g/mol. The zero-order valence-electron chi connectivity index (χ0n) is 15.2. The van der Waals surface area contributed by atoms with Gasteiger partial charge in [0.05, 0.1) is 51.3 Å². The number of methoxy groups -OCH3 is 3. The number of β-amino-alcohol motifs (C(OH)–C–C–N with tert-alkyl or cyclic N) is 1. The van der Waals surface area contributed by atoms with E-state index in [9.17, 15) is 14.4 Å². The Morgan fingerprint density at radius 1 is 1.22 bits per heavy atom. The van der Waals surface area contributed by atoms with Gasteiger partial charge in [0.2, 0.25) is 0 Å². The average molecular weight is 379 g/mol. The van der Waals surface area contributed by atoms with E-state index in [1.54, 1.807) is 0 Å². The van der Waals surface area contributed by atoms with Crippen LogP contribution in [-0.2, 0) is 14.3 Å². The van der Waals surface area contributed by atoms with Gasteiger partial charge < -0.3 is 35.3 Å². The average Bonchev–Trinajstić information content (AvgIpc) is 2.96. The van der Waals surface area contributed by atoms with Gasteiger partial charge in [-0.05, 0) is 6.07 Å². The number of nitrogens with one attached hydrogen (secondary N) is 1. The molecular formula is C17H21N3O7. The zero-order valence-corrected chi connectivity index (χ0v) is 15.2. The Morgan fingerprint density at radius 2 is 1.85 bits per heavy atom. The van der Waals surface area contributed by atoms with Gasteiger partial charge in [-0.2, -0.15) is 0 Å². The molecule has 1 aromatic rings. The minimum atomic E-state index is -0.767. The van der Waals surface area contributed by atoms with E-state index < -0.39 is 17.8 Å². The Labute approximate surface area is 155 Å². The van der Waals surface area contributed by atoms with Gasteiger partial charge in [0.1, 0.15) is 5.70 Å². The molecule has 27 heavy (non-hydrogen) atoms. The van der Waals surface area contributed by atoms with Crippen LogP contribution in [0.1, 0.15) is 10.4 Å². The Kier molecular flexibility index (Phi) is 6.24. The first kappa shape index (κ1) is 20.0. The maximum absolute atomic E-state index is 12.6. The predicted octanol–water partition coefficient (Wildman–Crippen LogP) is -0.524. The Bertz CT molecular complexity index is 804. The molecule has 0 bridgehead atoms. The maximum atomic E-state index is 12.6. The van der Waals surface area contributed by atoms with Crippen LogP contribution in [0.3, 0.4) is 0 Å². The van der Waals surface area contributed by atoms with E-state index in [1.165, 1.54) is 38.4 Å². The van der Waals surface area contributed by atoms with Crippen molar-refractivity contribution in [2.24, 2.45) is 5.73 Å². The van der Waals surface area contributed by atoms with E-state index in [0.717, 1.165) is 0 Å². The van der Waals surface area contributed by atoms with Crippen LogP contribution in [0, 0.1) is 0 Å². The summed E-state index contributed by atoms with van der Waals surface area (Å²) in [6.45, 7) is -0.261. The number of anilines is 1. The van der Waals surface area contributed by atoms with Gasteiger partial charge >= 0.3 is 5.97 Å². The Morgan fingerprint density at radius 3 is 2.37 bits per heavy atom. The van der Waals surface area contributed by atoms with Crippen molar-refractivity contribution in [3.05, 3.63) is 29.0 Å². The van der Waals surface area contributed by atoms with E-state index in [1.807, 2.05) is 0 Å².